The van der Waals surface area contributed by atoms with Gasteiger partial charge in [0, 0.05) is 23.7 Å². The van der Waals surface area contributed by atoms with E-state index >= 15 is 0 Å². The molecule has 0 fully saturated rings. The Bertz CT molecular complexity index is 676. The first-order valence-corrected chi connectivity index (χ1v) is 7.60. The number of halogens is 1. The summed E-state index contributed by atoms with van der Waals surface area (Å²) in [5.41, 5.74) is 3.36. The van der Waals surface area contributed by atoms with Crippen LogP contribution in [0.2, 0.25) is 5.02 Å². The van der Waals surface area contributed by atoms with E-state index < -0.39 is 0 Å². The molecule has 102 valence electrons. The summed E-state index contributed by atoms with van der Waals surface area (Å²) >= 11 is 7.85. The molecule has 0 saturated carbocycles. The minimum absolute atomic E-state index is 0.745. The van der Waals surface area contributed by atoms with E-state index in [1.54, 1.807) is 11.3 Å². The quantitative estimate of drug-likeness (QED) is 0.745. The first-order chi connectivity index (χ1) is 9.84. The standard InChI is InChI=1S/C15H14ClN3S/c16-13-5-2-1-4-11(13)8-17-9-12-10-18-19-15(12)14-6-3-7-20-14/h1-7,10,17H,8-9H2,(H,18,19). The fourth-order valence-electron chi connectivity index (χ4n) is 2.05. The molecule has 3 aromatic rings. The van der Waals surface area contributed by atoms with Crippen LogP contribution in [-0.4, -0.2) is 10.2 Å². The highest BCUT2D eigenvalue weighted by Gasteiger charge is 2.08. The maximum absolute atomic E-state index is 6.14. The largest absolute Gasteiger partial charge is 0.308 e. The topological polar surface area (TPSA) is 40.7 Å². The van der Waals surface area contributed by atoms with E-state index in [1.165, 1.54) is 10.4 Å². The number of thiophene rings is 1. The van der Waals surface area contributed by atoms with Gasteiger partial charge in [0.2, 0.25) is 0 Å². The summed E-state index contributed by atoms with van der Waals surface area (Å²) in [5.74, 6) is 0. The van der Waals surface area contributed by atoms with Crippen molar-refractivity contribution in [1.82, 2.24) is 15.5 Å². The van der Waals surface area contributed by atoms with Gasteiger partial charge in [-0.1, -0.05) is 35.9 Å². The molecule has 0 aliphatic rings. The van der Waals surface area contributed by atoms with Gasteiger partial charge < -0.3 is 5.32 Å². The van der Waals surface area contributed by atoms with E-state index in [2.05, 4.69) is 27.0 Å². The van der Waals surface area contributed by atoms with E-state index in [-0.39, 0.29) is 0 Å². The van der Waals surface area contributed by atoms with Gasteiger partial charge in [-0.25, -0.2) is 0 Å². The van der Waals surface area contributed by atoms with Gasteiger partial charge in [-0.15, -0.1) is 11.3 Å². The van der Waals surface area contributed by atoms with E-state index in [1.807, 2.05) is 36.5 Å². The average molecular weight is 304 g/mol. The molecular weight excluding hydrogens is 290 g/mol. The minimum Gasteiger partial charge on any atom is -0.308 e. The lowest BCUT2D eigenvalue weighted by Gasteiger charge is -2.06. The zero-order chi connectivity index (χ0) is 13.8. The molecular formula is C15H14ClN3S. The third-order valence-corrected chi connectivity index (χ3v) is 4.33. The fraction of sp³-hybridized carbons (Fsp3) is 0.133. The van der Waals surface area contributed by atoms with Gasteiger partial charge in [-0.05, 0) is 23.1 Å². The molecule has 2 N–H and O–H groups in total. The predicted molar refractivity (Wildman–Crippen MR) is 83.9 cm³/mol. The van der Waals surface area contributed by atoms with Gasteiger partial charge in [0.25, 0.3) is 0 Å². The SMILES string of the molecule is Clc1ccccc1CNCc1cn[nH]c1-c1cccs1. The molecule has 2 heterocycles. The summed E-state index contributed by atoms with van der Waals surface area (Å²) in [5, 5.41) is 13.5. The summed E-state index contributed by atoms with van der Waals surface area (Å²) in [6, 6.07) is 12.0. The van der Waals surface area contributed by atoms with Crippen molar-refractivity contribution in [2.24, 2.45) is 0 Å². The lowest BCUT2D eigenvalue weighted by molar-refractivity contribution is 0.695. The Morgan fingerprint density at radius 3 is 2.75 bits per heavy atom. The number of nitrogens with one attached hydrogen (secondary N) is 2. The molecule has 0 atom stereocenters. The highest BCUT2D eigenvalue weighted by Crippen LogP contribution is 2.25. The molecule has 0 aliphatic carbocycles. The van der Waals surface area contributed by atoms with Crippen LogP contribution < -0.4 is 5.32 Å². The average Bonchev–Trinajstić information content (AvgIpc) is 3.11. The van der Waals surface area contributed by atoms with E-state index in [4.69, 9.17) is 11.6 Å². The molecule has 1 aromatic carbocycles. The van der Waals surface area contributed by atoms with Crippen molar-refractivity contribution >= 4 is 22.9 Å². The highest BCUT2D eigenvalue weighted by molar-refractivity contribution is 7.13. The number of hydrogen-bond donors (Lipinski definition) is 2. The number of hydrogen-bond acceptors (Lipinski definition) is 3. The summed E-state index contributed by atoms with van der Waals surface area (Å²) < 4.78 is 0. The van der Waals surface area contributed by atoms with Gasteiger partial charge in [0.1, 0.15) is 0 Å². The predicted octanol–water partition coefficient (Wildman–Crippen LogP) is 4.08. The van der Waals surface area contributed by atoms with Gasteiger partial charge in [0.05, 0.1) is 16.8 Å². The van der Waals surface area contributed by atoms with Crippen molar-refractivity contribution in [3.63, 3.8) is 0 Å². The molecule has 5 heteroatoms. The van der Waals surface area contributed by atoms with Crippen molar-refractivity contribution in [2.75, 3.05) is 0 Å². The number of rotatable bonds is 5. The summed E-state index contributed by atoms with van der Waals surface area (Å²) in [4.78, 5) is 1.21. The Labute approximate surface area is 126 Å². The molecule has 2 aromatic heterocycles. The monoisotopic (exact) mass is 303 g/mol. The normalized spacial score (nSPS) is 10.8. The first kappa shape index (κ1) is 13.4. The van der Waals surface area contributed by atoms with Crippen LogP contribution in [0.15, 0.2) is 48.0 Å². The molecule has 0 radical (unpaired) electrons. The third-order valence-electron chi connectivity index (χ3n) is 3.07. The molecule has 0 spiro atoms. The van der Waals surface area contributed by atoms with Crippen LogP contribution >= 0.6 is 22.9 Å². The molecule has 0 bridgehead atoms. The van der Waals surface area contributed by atoms with Crippen LogP contribution in [0.3, 0.4) is 0 Å². The second-order valence-corrected chi connectivity index (χ2v) is 5.80. The second kappa shape index (κ2) is 6.22. The number of H-pyrrole nitrogens is 1. The van der Waals surface area contributed by atoms with Crippen molar-refractivity contribution in [3.05, 3.63) is 64.1 Å². The summed E-state index contributed by atoms with van der Waals surface area (Å²) in [6.45, 7) is 1.50. The molecule has 3 nitrogen and oxygen atoms in total. The van der Waals surface area contributed by atoms with E-state index in [9.17, 15) is 0 Å². The van der Waals surface area contributed by atoms with E-state index in [0.29, 0.717) is 0 Å². The van der Waals surface area contributed by atoms with Gasteiger partial charge in [-0.2, -0.15) is 5.10 Å². The van der Waals surface area contributed by atoms with Crippen LogP contribution in [0.4, 0.5) is 0 Å². The number of benzene rings is 1. The molecule has 0 amide bonds. The van der Waals surface area contributed by atoms with E-state index in [0.717, 1.165) is 29.4 Å². The zero-order valence-electron chi connectivity index (χ0n) is 10.8. The maximum atomic E-state index is 6.14. The number of aromatic nitrogens is 2. The Morgan fingerprint density at radius 1 is 1.10 bits per heavy atom. The Kier molecular flexibility index (Phi) is 4.16. The lowest BCUT2D eigenvalue weighted by Crippen LogP contribution is -2.13. The van der Waals surface area contributed by atoms with Crippen LogP contribution in [-0.2, 0) is 13.1 Å². The summed E-state index contributed by atoms with van der Waals surface area (Å²) in [7, 11) is 0. The number of nitrogens with zero attached hydrogens (tertiary/aromatic N) is 1. The van der Waals surface area contributed by atoms with Crippen LogP contribution in [0.5, 0.6) is 0 Å². The Balaban J connectivity index is 1.65. The van der Waals surface area contributed by atoms with Gasteiger partial charge in [0.15, 0.2) is 0 Å². The van der Waals surface area contributed by atoms with Crippen molar-refractivity contribution < 1.29 is 0 Å². The maximum Gasteiger partial charge on any atom is 0.0794 e. The van der Waals surface area contributed by atoms with Gasteiger partial charge >= 0.3 is 0 Å². The van der Waals surface area contributed by atoms with Crippen molar-refractivity contribution in [2.45, 2.75) is 13.1 Å². The van der Waals surface area contributed by atoms with Crippen LogP contribution in [0, 0.1) is 0 Å². The molecule has 0 unspecified atom stereocenters. The Morgan fingerprint density at radius 2 is 1.95 bits per heavy atom. The smallest absolute Gasteiger partial charge is 0.0794 e. The third kappa shape index (κ3) is 2.93. The van der Waals surface area contributed by atoms with Crippen LogP contribution in [0.25, 0.3) is 10.6 Å². The summed E-state index contributed by atoms with van der Waals surface area (Å²) in [6.07, 6.45) is 1.87. The molecule has 20 heavy (non-hydrogen) atoms. The fourth-order valence-corrected chi connectivity index (χ4v) is 3.01. The Hall–Kier alpha value is -1.62. The lowest BCUT2D eigenvalue weighted by atomic mass is 10.2. The number of aromatic amines is 1. The van der Waals surface area contributed by atoms with Gasteiger partial charge in [-0.3, -0.25) is 5.10 Å². The highest BCUT2D eigenvalue weighted by atomic mass is 35.5. The van der Waals surface area contributed by atoms with Crippen LogP contribution in [0.1, 0.15) is 11.1 Å². The molecule has 3 rings (SSSR count). The zero-order valence-corrected chi connectivity index (χ0v) is 12.3. The second-order valence-electron chi connectivity index (χ2n) is 4.44. The molecule has 0 saturated heterocycles. The van der Waals surface area contributed by atoms with Crippen molar-refractivity contribution in [1.29, 1.82) is 0 Å². The molecule has 0 aliphatic heterocycles. The first-order valence-electron chi connectivity index (χ1n) is 6.35. The van der Waals surface area contributed by atoms with Crippen molar-refractivity contribution in [3.8, 4) is 10.6 Å². The minimum atomic E-state index is 0.745.